The van der Waals surface area contributed by atoms with Crippen molar-refractivity contribution in [2.75, 3.05) is 26.3 Å². The molecular weight excluding hydrogens is 502 g/mol. The predicted octanol–water partition coefficient (Wildman–Crippen LogP) is 6.53. The molecule has 3 aromatic rings. The van der Waals surface area contributed by atoms with Crippen LogP contribution in [-0.2, 0) is 22.7 Å². The highest BCUT2D eigenvalue weighted by Crippen LogP contribution is 2.30. The third-order valence-corrected chi connectivity index (χ3v) is 6.51. The van der Waals surface area contributed by atoms with Gasteiger partial charge in [0.15, 0.2) is 0 Å². The molecule has 1 aliphatic rings. The SMILES string of the molecule is Br.Cc1ccc(C)c(COC2CNCCC2c2ccc(OCCCOCc3ccccc3)cc2)c1. The molecule has 2 unspecified atom stereocenters. The van der Waals surface area contributed by atoms with Crippen LogP contribution in [0.15, 0.2) is 72.8 Å². The summed E-state index contributed by atoms with van der Waals surface area (Å²) in [7, 11) is 0. The highest BCUT2D eigenvalue weighted by molar-refractivity contribution is 8.93. The van der Waals surface area contributed by atoms with Crippen LogP contribution in [0.1, 0.15) is 46.6 Å². The molecule has 1 saturated heterocycles. The third kappa shape index (κ3) is 8.46. The van der Waals surface area contributed by atoms with E-state index in [-0.39, 0.29) is 23.1 Å². The molecule has 0 saturated carbocycles. The lowest BCUT2D eigenvalue weighted by Crippen LogP contribution is -2.41. The van der Waals surface area contributed by atoms with E-state index >= 15 is 0 Å². The number of hydrogen-bond donors (Lipinski definition) is 1. The molecule has 5 heteroatoms. The standard InChI is InChI=1S/C30H37NO3.BrH/c1-23-9-10-24(2)27(19-23)22-34-30-20-31-16-15-29(30)26-11-13-28(14-12-26)33-18-6-17-32-21-25-7-4-3-5-8-25;/h3-5,7-14,19,29-31H,6,15-18,20-22H2,1-2H3;1H. The predicted molar refractivity (Wildman–Crippen MR) is 148 cm³/mol. The number of rotatable bonds is 11. The van der Waals surface area contributed by atoms with E-state index in [4.69, 9.17) is 14.2 Å². The van der Waals surface area contributed by atoms with Gasteiger partial charge in [0.2, 0.25) is 0 Å². The Kier molecular flexibility index (Phi) is 11.3. The minimum absolute atomic E-state index is 0. The molecular formula is C30H38BrNO3. The number of benzene rings is 3. The zero-order valence-corrected chi connectivity index (χ0v) is 22.6. The van der Waals surface area contributed by atoms with Crippen molar-refractivity contribution in [2.24, 2.45) is 0 Å². The van der Waals surface area contributed by atoms with Crippen LogP contribution >= 0.6 is 17.0 Å². The van der Waals surface area contributed by atoms with Gasteiger partial charge in [-0.05, 0) is 61.2 Å². The highest BCUT2D eigenvalue weighted by Gasteiger charge is 2.27. The summed E-state index contributed by atoms with van der Waals surface area (Å²) >= 11 is 0. The third-order valence-electron chi connectivity index (χ3n) is 6.51. The molecule has 2 atom stereocenters. The van der Waals surface area contributed by atoms with Gasteiger partial charge in [-0.1, -0.05) is 66.2 Å². The average Bonchev–Trinajstić information content (AvgIpc) is 2.88. The van der Waals surface area contributed by atoms with Gasteiger partial charge in [0, 0.05) is 18.9 Å². The van der Waals surface area contributed by atoms with Crippen molar-refractivity contribution >= 4 is 17.0 Å². The van der Waals surface area contributed by atoms with Crippen molar-refractivity contribution in [1.29, 1.82) is 0 Å². The lowest BCUT2D eigenvalue weighted by atomic mass is 9.87. The van der Waals surface area contributed by atoms with Crippen molar-refractivity contribution < 1.29 is 14.2 Å². The van der Waals surface area contributed by atoms with Gasteiger partial charge in [-0.2, -0.15) is 0 Å². The second kappa shape index (κ2) is 14.4. The molecule has 0 aliphatic carbocycles. The first-order valence-corrected chi connectivity index (χ1v) is 12.4. The van der Waals surface area contributed by atoms with Gasteiger partial charge in [0.1, 0.15) is 5.75 Å². The maximum absolute atomic E-state index is 6.43. The molecule has 0 bridgehead atoms. The first-order valence-electron chi connectivity index (χ1n) is 12.4. The number of aryl methyl sites for hydroxylation is 2. The summed E-state index contributed by atoms with van der Waals surface area (Å²) in [6.45, 7) is 8.86. The molecule has 1 N–H and O–H groups in total. The summed E-state index contributed by atoms with van der Waals surface area (Å²) in [4.78, 5) is 0. The lowest BCUT2D eigenvalue weighted by molar-refractivity contribution is 0.0104. The Bertz CT molecular complexity index is 1010. The van der Waals surface area contributed by atoms with E-state index in [2.05, 4.69) is 73.8 Å². The second-order valence-electron chi connectivity index (χ2n) is 9.19. The first-order chi connectivity index (χ1) is 16.7. The number of halogens is 1. The van der Waals surface area contributed by atoms with Gasteiger partial charge in [0.25, 0.3) is 0 Å². The van der Waals surface area contributed by atoms with E-state index in [9.17, 15) is 0 Å². The van der Waals surface area contributed by atoms with Crippen LogP contribution in [0.2, 0.25) is 0 Å². The molecule has 1 heterocycles. The fourth-order valence-corrected chi connectivity index (χ4v) is 4.47. The van der Waals surface area contributed by atoms with Gasteiger partial charge in [-0.25, -0.2) is 0 Å². The van der Waals surface area contributed by atoms with Crippen LogP contribution in [-0.4, -0.2) is 32.4 Å². The van der Waals surface area contributed by atoms with Crippen LogP contribution < -0.4 is 10.1 Å². The Morgan fingerprint density at radius 2 is 1.69 bits per heavy atom. The van der Waals surface area contributed by atoms with Crippen LogP contribution in [0.3, 0.4) is 0 Å². The van der Waals surface area contributed by atoms with E-state index in [0.29, 0.717) is 32.3 Å². The van der Waals surface area contributed by atoms with Crippen molar-refractivity contribution in [1.82, 2.24) is 5.32 Å². The quantitative estimate of drug-likeness (QED) is 0.281. The molecule has 0 spiro atoms. The topological polar surface area (TPSA) is 39.7 Å². The first kappa shape index (κ1) is 27.4. The number of ether oxygens (including phenoxy) is 3. The van der Waals surface area contributed by atoms with E-state index in [1.165, 1.54) is 27.8 Å². The highest BCUT2D eigenvalue weighted by atomic mass is 79.9. The van der Waals surface area contributed by atoms with E-state index in [1.807, 2.05) is 18.2 Å². The van der Waals surface area contributed by atoms with E-state index < -0.39 is 0 Å². The molecule has 1 fully saturated rings. The Balaban J connectivity index is 0.00000342. The molecule has 4 nitrogen and oxygen atoms in total. The van der Waals surface area contributed by atoms with Crippen molar-refractivity contribution in [3.8, 4) is 5.75 Å². The number of hydrogen-bond acceptors (Lipinski definition) is 4. The average molecular weight is 541 g/mol. The Hall–Kier alpha value is -2.18. The summed E-state index contributed by atoms with van der Waals surface area (Å²) in [5.74, 6) is 1.31. The van der Waals surface area contributed by atoms with Crippen LogP contribution in [0.4, 0.5) is 0 Å². The monoisotopic (exact) mass is 539 g/mol. The van der Waals surface area contributed by atoms with Crippen LogP contribution in [0.5, 0.6) is 5.75 Å². The summed E-state index contributed by atoms with van der Waals surface area (Å²) in [6.07, 6.45) is 2.12. The normalized spacial score (nSPS) is 17.5. The molecule has 0 aromatic heterocycles. The molecule has 35 heavy (non-hydrogen) atoms. The second-order valence-corrected chi connectivity index (χ2v) is 9.19. The largest absolute Gasteiger partial charge is 0.494 e. The Labute approximate surface area is 220 Å². The summed E-state index contributed by atoms with van der Waals surface area (Å²) in [5, 5.41) is 3.50. The zero-order valence-electron chi connectivity index (χ0n) is 20.9. The minimum atomic E-state index is 0. The molecule has 3 aromatic carbocycles. The van der Waals surface area contributed by atoms with Crippen molar-refractivity contribution in [3.63, 3.8) is 0 Å². The number of piperidine rings is 1. The van der Waals surface area contributed by atoms with Crippen LogP contribution in [0, 0.1) is 13.8 Å². The Morgan fingerprint density at radius 3 is 2.49 bits per heavy atom. The van der Waals surface area contributed by atoms with E-state index in [0.717, 1.165) is 31.7 Å². The van der Waals surface area contributed by atoms with Gasteiger partial charge >= 0.3 is 0 Å². The summed E-state index contributed by atoms with van der Waals surface area (Å²) < 4.78 is 18.1. The minimum Gasteiger partial charge on any atom is -0.494 e. The molecule has 1 aliphatic heterocycles. The maximum atomic E-state index is 6.43. The van der Waals surface area contributed by atoms with Gasteiger partial charge in [-0.15, -0.1) is 17.0 Å². The summed E-state index contributed by atoms with van der Waals surface area (Å²) in [6, 6.07) is 25.4. The molecule has 0 amide bonds. The Morgan fingerprint density at radius 1 is 0.886 bits per heavy atom. The molecule has 0 radical (unpaired) electrons. The van der Waals surface area contributed by atoms with Crippen molar-refractivity contribution in [3.05, 3.63) is 101 Å². The van der Waals surface area contributed by atoms with E-state index in [1.54, 1.807) is 0 Å². The maximum Gasteiger partial charge on any atom is 0.119 e. The zero-order chi connectivity index (χ0) is 23.6. The van der Waals surface area contributed by atoms with Gasteiger partial charge in [0.05, 0.1) is 32.5 Å². The smallest absolute Gasteiger partial charge is 0.119 e. The van der Waals surface area contributed by atoms with Crippen molar-refractivity contribution in [2.45, 2.75) is 51.9 Å². The summed E-state index contributed by atoms with van der Waals surface area (Å²) in [5.41, 5.74) is 6.37. The van der Waals surface area contributed by atoms with Gasteiger partial charge in [-0.3, -0.25) is 0 Å². The number of nitrogens with one attached hydrogen (secondary N) is 1. The van der Waals surface area contributed by atoms with Crippen LogP contribution in [0.25, 0.3) is 0 Å². The molecule has 188 valence electrons. The lowest BCUT2D eigenvalue weighted by Gasteiger charge is -2.33. The fourth-order valence-electron chi connectivity index (χ4n) is 4.47. The molecule has 4 rings (SSSR count). The van der Waals surface area contributed by atoms with Gasteiger partial charge < -0.3 is 19.5 Å². The fraction of sp³-hybridized carbons (Fsp3) is 0.400.